The van der Waals surface area contributed by atoms with Gasteiger partial charge in [-0.15, -0.1) is 0 Å². The lowest BCUT2D eigenvalue weighted by atomic mass is 9.94. The Morgan fingerprint density at radius 3 is 2.52 bits per heavy atom. The molecule has 2 aromatic rings. The van der Waals surface area contributed by atoms with Crippen LogP contribution >= 0.6 is 0 Å². The van der Waals surface area contributed by atoms with Crippen LogP contribution in [0, 0.1) is 11.6 Å². The minimum atomic E-state index is -0.945. The van der Waals surface area contributed by atoms with Crippen LogP contribution in [0.4, 0.5) is 19.3 Å². The Morgan fingerprint density at radius 2 is 1.87 bits per heavy atom. The van der Waals surface area contributed by atoms with Crippen molar-refractivity contribution < 1.29 is 27.9 Å². The number of nitrogens with one attached hydrogen (secondary N) is 2. The summed E-state index contributed by atoms with van der Waals surface area (Å²) in [6.45, 7) is 2.88. The summed E-state index contributed by atoms with van der Waals surface area (Å²) in [5, 5.41) is 4.89. The standard InChI is InChI=1S/C22H21F2N3O4/c1-3-31-21(29)19-13(2)25-22(30)27(20(19)14-7-5-4-6-8-14)12-18(28)26-17-10-9-15(23)11-16(17)24/h4-11,20H,3,12H2,1-2H3,(H,25,30)(H,26,28)/t20-/m1/s1. The number of rotatable bonds is 6. The van der Waals surface area contributed by atoms with Gasteiger partial charge in [0.25, 0.3) is 0 Å². The normalized spacial score (nSPS) is 16.1. The number of halogens is 2. The second kappa shape index (κ2) is 9.38. The fourth-order valence-electron chi connectivity index (χ4n) is 3.33. The molecule has 1 atom stereocenters. The number of esters is 1. The van der Waals surface area contributed by atoms with Gasteiger partial charge in [0.05, 0.1) is 23.9 Å². The molecule has 0 aromatic heterocycles. The van der Waals surface area contributed by atoms with Gasteiger partial charge < -0.3 is 20.3 Å². The lowest BCUT2D eigenvalue weighted by Crippen LogP contribution is -2.51. The molecular formula is C22H21F2N3O4. The van der Waals surface area contributed by atoms with Gasteiger partial charge in [-0.2, -0.15) is 0 Å². The Bertz CT molecular complexity index is 1040. The SMILES string of the molecule is CCOC(=O)C1=C(C)NC(=O)N(CC(=O)Nc2ccc(F)cc2F)[C@@H]1c1ccccc1. The van der Waals surface area contributed by atoms with Gasteiger partial charge in [0.15, 0.2) is 0 Å². The summed E-state index contributed by atoms with van der Waals surface area (Å²) in [5.41, 5.74) is 0.880. The molecule has 3 amide bonds. The Morgan fingerprint density at radius 1 is 1.16 bits per heavy atom. The maximum Gasteiger partial charge on any atom is 0.338 e. The number of anilines is 1. The second-order valence-electron chi connectivity index (χ2n) is 6.80. The fourth-order valence-corrected chi connectivity index (χ4v) is 3.33. The molecule has 1 heterocycles. The van der Waals surface area contributed by atoms with E-state index in [1.165, 1.54) is 0 Å². The zero-order valence-electron chi connectivity index (χ0n) is 16.9. The summed E-state index contributed by atoms with van der Waals surface area (Å²) in [7, 11) is 0. The maximum absolute atomic E-state index is 13.9. The molecule has 0 saturated heterocycles. The number of nitrogens with zero attached hydrogens (tertiary/aromatic N) is 1. The van der Waals surface area contributed by atoms with Gasteiger partial charge in [-0.25, -0.2) is 18.4 Å². The van der Waals surface area contributed by atoms with Crippen LogP contribution < -0.4 is 10.6 Å². The highest BCUT2D eigenvalue weighted by Gasteiger charge is 2.39. The molecule has 9 heteroatoms. The van der Waals surface area contributed by atoms with E-state index in [1.807, 2.05) is 0 Å². The average molecular weight is 429 g/mol. The van der Waals surface area contributed by atoms with Crippen molar-refractivity contribution in [2.45, 2.75) is 19.9 Å². The highest BCUT2D eigenvalue weighted by Crippen LogP contribution is 2.34. The van der Waals surface area contributed by atoms with Crippen molar-refractivity contribution in [2.24, 2.45) is 0 Å². The fraction of sp³-hybridized carbons (Fsp3) is 0.227. The first-order chi connectivity index (χ1) is 14.8. The van der Waals surface area contributed by atoms with E-state index in [1.54, 1.807) is 44.2 Å². The number of urea groups is 1. The van der Waals surface area contributed by atoms with E-state index in [9.17, 15) is 23.2 Å². The molecule has 0 spiro atoms. The monoisotopic (exact) mass is 429 g/mol. The van der Waals surface area contributed by atoms with E-state index in [2.05, 4.69) is 10.6 Å². The first kappa shape index (κ1) is 21.9. The first-order valence-electron chi connectivity index (χ1n) is 9.57. The number of ether oxygens (including phenoxy) is 1. The van der Waals surface area contributed by atoms with Crippen molar-refractivity contribution in [3.8, 4) is 0 Å². The van der Waals surface area contributed by atoms with Gasteiger partial charge in [0, 0.05) is 11.8 Å². The molecule has 2 N–H and O–H groups in total. The average Bonchev–Trinajstić information content (AvgIpc) is 2.72. The third-order valence-electron chi connectivity index (χ3n) is 4.67. The minimum absolute atomic E-state index is 0.134. The Balaban J connectivity index is 1.93. The molecule has 0 radical (unpaired) electrons. The minimum Gasteiger partial charge on any atom is -0.463 e. The molecule has 0 bridgehead atoms. The van der Waals surface area contributed by atoms with Crippen molar-refractivity contribution >= 4 is 23.6 Å². The topological polar surface area (TPSA) is 87.7 Å². The molecule has 1 aliphatic rings. The highest BCUT2D eigenvalue weighted by atomic mass is 19.1. The summed E-state index contributed by atoms with van der Waals surface area (Å²) in [6, 6.07) is 9.94. The van der Waals surface area contributed by atoms with Crippen molar-refractivity contribution in [2.75, 3.05) is 18.5 Å². The van der Waals surface area contributed by atoms with Crippen LogP contribution in [0.15, 0.2) is 59.8 Å². The van der Waals surface area contributed by atoms with E-state index in [4.69, 9.17) is 4.74 Å². The van der Waals surface area contributed by atoms with Gasteiger partial charge in [-0.1, -0.05) is 30.3 Å². The lowest BCUT2D eigenvalue weighted by Gasteiger charge is -2.37. The third-order valence-corrected chi connectivity index (χ3v) is 4.67. The van der Waals surface area contributed by atoms with E-state index in [0.29, 0.717) is 17.3 Å². The third kappa shape index (κ3) is 4.88. The largest absolute Gasteiger partial charge is 0.463 e. The highest BCUT2D eigenvalue weighted by molar-refractivity contribution is 5.98. The molecule has 0 aliphatic carbocycles. The molecule has 1 aliphatic heterocycles. The van der Waals surface area contributed by atoms with Crippen molar-refractivity contribution in [1.82, 2.24) is 10.2 Å². The van der Waals surface area contributed by atoms with Crippen LogP contribution in [0.2, 0.25) is 0 Å². The molecule has 0 saturated carbocycles. The van der Waals surface area contributed by atoms with Gasteiger partial charge in [0.1, 0.15) is 18.2 Å². The lowest BCUT2D eigenvalue weighted by molar-refractivity contribution is -0.139. The van der Waals surface area contributed by atoms with Crippen molar-refractivity contribution in [1.29, 1.82) is 0 Å². The second-order valence-corrected chi connectivity index (χ2v) is 6.80. The predicted octanol–water partition coefficient (Wildman–Crippen LogP) is 3.51. The number of carbonyl (C=O) groups is 3. The van der Waals surface area contributed by atoms with Crippen LogP contribution in [0.3, 0.4) is 0 Å². The predicted molar refractivity (Wildman–Crippen MR) is 109 cm³/mol. The summed E-state index contributed by atoms with van der Waals surface area (Å²) in [4.78, 5) is 39.1. The van der Waals surface area contributed by atoms with Gasteiger partial charge in [-0.3, -0.25) is 4.79 Å². The number of benzene rings is 2. The number of carbonyl (C=O) groups excluding carboxylic acids is 3. The molecule has 3 rings (SSSR count). The number of amides is 3. The summed E-state index contributed by atoms with van der Waals surface area (Å²) >= 11 is 0. The molecule has 0 unspecified atom stereocenters. The number of hydrogen-bond donors (Lipinski definition) is 2. The van der Waals surface area contributed by atoms with Crippen LogP contribution in [-0.4, -0.2) is 36.0 Å². The number of hydrogen-bond acceptors (Lipinski definition) is 4. The summed E-state index contributed by atoms with van der Waals surface area (Å²) in [6.07, 6.45) is 0. The van der Waals surface area contributed by atoms with Crippen molar-refractivity contribution in [3.63, 3.8) is 0 Å². The Hall–Kier alpha value is -3.75. The zero-order chi connectivity index (χ0) is 22.5. The van der Waals surface area contributed by atoms with Gasteiger partial charge in [0.2, 0.25) is 5.91 Å². The van der Waals surface area contributed by atoms with Crippen LogP contribution in [-0.2, 0) is 14.3 Å². The van der Waals surface area contributed by atoms with E-state index < -0.39 is 42.1 Å². The van der Waals surface area contributed by atoms with Crippen LogP contribution in [0.5, 0.6) is 0 Å². The van der Waals surface area contributed by atoms with Gasteiger partial charge in [-0.05, 0) is 31.5 Å². The quantitative estimate of drug-likeness (QED) is 0.688. The first-order valence-corrected chi connectivity index (χ1v) is 9.57. The molecule has 162 valence electrons. The van der Waals surface area contributed by atoms with E-state index in [-0.39, 0.29) is 17.9 Å². The van der Waals surface area contributed by atoms with E-state index >= 15 is 0 Å². The molecular weight excluding hydrogens is 408 g/mol. The van der Waals surface area contributed by atoms with Crippen molar-refractivity contribution in [3.05, 3.63) is 77.0 Å². The zero-order valence-corrected chi connectivity index (χ0v) is 16.9. The Labute approximate surface area is 177 Å². The molecule has 2 aromatic carbocycles. The van der Waals surface area contributed by atoms with E-state index in [0.717, 1.165) is 17.0 Å². The van der Waals surface area contributed by atoms with Crippen LogP contribution in [0.25, 0.3) is 0 Å². The Kier molecular flexibility index (Phi) is 6.64. The maximum atomic E-state index is 13.9. The smallest absolute Gasteiger partial charge is 0.338 e. The number of allylic oxidation sites excluding steroid dienone is 1. The molecule has 31 heavy (non-hydrogen) atoms. The summed E-state index contributed by atoms with van der Waals surface area (Å²) < 4.78 is 32.2. The van der Waals surface area contributed by atoms with Crippen LogP contribution in [0.1, 0.15) is 25.5 Å². The molecule has 0 fully saturated rings. The summed E-state index contributed by atoms with van der Waals surface area (Å²) in [5.74, 6) is -3.07. The van der Waals surface area contributed by atoms with Gasteiger partial charge >= 0.3 is 12.0 Å². The molecule has 7 nitrogen and oxygen atoms in total.